The zero-order valence-corrected chi connectivity index (χ0v) is 14.2. The number of fused-ring (bicyclic) bond motifs is 1. The van der Waals surface area contributed by atoms with E-state index in [4.69, 9.17) is 4.74 Å². The second-order valence-corrected chi connectivity index (χ2v) is 6.33. The second kappa shape index (κ2) is 6.13. The average Bonchev–Trinajstić information content (AvgIpc) is 2.81. The summed E-state index contributed by atoms with van der Waals surface area (Å²) >= 11 is 3.58. The molecule has 114 valence electrons. The van der Waals surface area contributed by atoms with Gasteiger partial charge in [0.25, 0.3) is 0 Å². The Balaban J connectivity index is 1.93. The minimum atomic E-state index is -0.150. The van der Waals surface area contributed by atoms with E-state index in [1.54, 1.807) is 0 Å². The van der Waals surface area contributed by atoms with Crippen LogP contribution in [0.2, 0.25) is 0 Å². The summed E-state index contributed by atoms with van der Waals surface area (Å²) in [6.45, 7) is 4.62. The smallest absolute Gasteiger partial charge is 0.232 e. The fourth-order valence-corrected chi connectivity index (χ4v) is 3.30. The first kappa shape index (κ1) is 15.1. The van der Waals surface area contributed by atoms with Gasteiger partial charge in [0, 0.05) is 10.2 Å². The van der Waals surface area contributed by atoms with Crippen LogP contribution in [0.3, 0.4) is 0 Å². The normalized spacial score (nSPS) is 16.3. The Morgan fingerprint density at radius 1 is 1.27 bits per heavy atom. The Morgan fingerprint density at radius 2 is 2.09 bits per heavy atom. The van der Waals surface area contributed by atoms with Crippen molar-refractivity contribution in [3.05, 3.63) is 57.6 Å². The van der Waals surface area contributed by atoms with E-state index < -0.39 is 0 Å². The molecule has 3 rings (SSSR count). The van der Waals surface area contributed by atoms with E-state index in [2.05, 4.69) is 21.2 Å². The van der Waals surface area contributed by atoms with Crippen LogP contribution in [0.5, 0.6) is 5.75 Å². The highest BCUT2D eigenvalue weighted by Crippen LogP contribution is 2.38. The molecule has 4 heteroatoms. The minimum absolute atomic E-state index is 0.0676. The second-order valence-electron chi connectivity index (χ2n) is 5.47. The standard InChI is InChI=1S/C18H18BrNO2/c1-3-22-13-7-8-16(19)12(9-13)10-15-14-6-4-5-11(2)17(14)20-18(15)21/h4-9,15H,3,10H2,1-2H3,(H,20,21)/t15-/m0/s1. The number of rotatable bonds is 4. The fraction of sp³-hybridized carbons (Fsp3) is 0.278. The molecule has 0 bridgehead atoms. The molecular formula is C18H18BrNO2. The molecular weight excluding hydrogens is 342 g/mol. The molecule has 0 unspecified atom stereocenters. The Labute approximate surface area is 138 Å². The van der Waals surface area contributed by atoms with Gasteiger partial charge in [0.2, 0.25) is 5.91 Å². The van der Waals surface area contributed by atoms with Crippen LogP contribution in [-0.2, 0) is 11.2 Å². The summed E-state index contributed by atoms with van der Waals surface area (Å²) in [5, 5.41) is 3.01. The van der Waals surface area contributed by atoms with E-state index in [9.17, 15) is 4.79 Å². The maximum atomic E-state index is 12.4. The number of benzene rings is 2. The number of amides is 1. The molecule has 1 atom stereocenters. The van der Waals surface area contributed by atoms with Gasteiger partial charge in [-0.1, -0.05) is 34.1 Å². The zero-order valence-electron chi connectivity index (χ0n) is 12.7. The Bertz CT molecular complexity index is 727. The average molecular weight is 360 g/mol. The van der Waals surface area contributed by atoms with Gasteiger partial charge in [0.05, 0.1) is 12.5 Å². The highest BCUT2D eigenvalue weighted by molar-refractivity contribution is 9.10. The van der Waals surface area contributed by atoms with E-state index in [1.807, 2.05) is 50.2 Å². The molecule has 22 heavy (non-hydrogen) atoms. The van der Waals surface area contributed by atoms with Crippen molar-refractivity contribution >= 4 is 27.5 Å². The van der Waals surface area contributed by atoms with Crippen molar-refractivity contribution in [3.63, 3.8) is 0 Å². The van der Waals surface area contributed by atoms with Gasteiger partial charge in [-0.25, -0.2) is 0 Å². The first-order chi connectivity index (χ1) is 10.6. The van der Waals surface area contributed by atoms with Crippen molar-refractivity contribution in [1.82, 2.24) is 0 Å². The van der Waals surface area contributed by atoms with Gasteiger partial charge >= 0.3 is 0 Å². The van der Waals surface area contributed by atoms with Crippen molar-refractivity contribution < 1.29 is 9.53 Å². The Morgan fingerprint density at radius 3 is 2.86 bits per heavy atom. The lowest BCUT2D eigenvalue weighted by Crippen LogP contribution is -2.14. The number of halogens is 1. The SMILES string of the molecule is CCOc1ccc(Br)c(C[C@@H]2C(=O)Nc3c(C)cccc32)c1. The highest BCUT2D eigenvalue weighted by atomic mass is 79.9. The van der Waals surface area contributed by atoms with Crippen LogP contribution in [0.15, 0.2) is 40.9 Å². The van der Waals surface area contributed by atoms with Crippen molar-refractivity contribution in [2.45, 2.75) is 26.2 Å². The summed E-state index contributed by atoms with van der Waals surface area (Å²) in [5.41, 5.74) is 4.24. The summed E-state index contributed by atoms with van der Waals surface area (Å²) < 4.78 is 6.56. The third-order valence-electron chi connectivity index (χ3n) is 4.00. The van der Waals surface area contributed by atoms with Gasteiger partial charge in [-0.05, 0) is 55.2 Å². The molecule has 1 aliphatic rings. The van der Waals surface area contributed by atoms with Crippen LogP contribution in [0.4, 0.5) is 5.69 Å². The molecule has 0 spiro atoms. The van der Waals surface area contributed by atoms with Gasteiger partial charge in [-0.15, -0.1) is 0 Å². The number of anilines is 1. The highest BCUT2D eigenvalue weighted by Gasteiger charge is 2.31. The van der Waals surface area contributed by atoms with Crippen LogP contribution < -0.4 is 10.1 Å². The lowest BCUT2D eigenvalue weighted by Gasteiger charge is -2.12. The topological polar surface area (TPSA) is 38.3 Å². The third kappa shape index (κ3) is 2.75. The molecule has 1 N–H and O–H groups in total. The van der Waals surface area contributed by atoms with E-state index >= 15 is 0 Å². The quantitative estimate of drug-likeness (QED) is 0.876. The number of nitrogens with one attached hydrogen (secondary N) is 1. The molecule has 3 nitrogen and oxygen atoms in total. The number of carbonyl (C=O) groups is 1. The summed E-state index contributed by atoms with van der Waals surface area (Å²) in [6, 6.07) is 12.0. The monoisotopic (exact) mass is 359 g/mol. The van der Waals surface area contributed by atoms with Gasteiger partial charge in [-0.2, -0.15) is 0 Å². The van der Waals surface area contributed by atoms with Crippen molar-refractivity contribution in [1.29, 1.82) is 0 Å². The van der Waals surface area contributed by atoms with Crippen LogP contribution in [-0.4, -0.2) is 12.5 Å². The van der Waals surface area contributed by atoms with E-state index in [-0.39, 0.29) is 11.8 Å². The first-order valence-electron chi connectivity index (χ1n) is 7.41. The maximum Gasteiger partial charge on any atom is 0.232 e. The van der Waals surface area contributed by atoms with Gasteiger partial charge in [-0.3, -0.25) is 4.79 Å². The van der Waals surface area contributed by atoms with Crippen LogP contribution in [0.1, 0.15) is 29.5 Å². The van der Waals surface area contributed by atoms with Crippen LogP contribution in [0.25, 0.3) is 0 Å². The largest absolute Gasteiger partial charge is 0.494 e. The molecule has 0 radical (unpaired) electrons. The van der Waals surface area contributed by atoms with Gasteiger partial charge in [0.1, 0.15) is 5.75 Å². The first-order valence-corrected chi connectivity index (χ1v) is 8.21. The molecule has 1 heterocycles. The molecule has 0 fully saturated rings. The van der Waals surface area contributed by atoms with Crippen molar-refractivity contribution in [3.8, 4) is 5.75 Å². The lowest BCUT2D eigenvalue weighted by atomic mass is 9.92. The number of hydrogen-bond acceptors (Lipinski definition) is 2. The molecule has 0 aliphatic carbocycles. The molecule has 0 aromatic heterocycles. The molecule has 0 saturated carbocycles. The Kier molecular flexibility index (Phi) is 4.21. The van der Waals surface area contributed by atoms with Crippen molar-refractivity contribution in [2.75, 3.05) is 11.9 Å². The number of ether oxygens (including phenoxy) is 1. The number of carbonyl (C=O) groups excluding carboxylic acids is 1. The van der Waals surface area contributed by atoms with Gasteiger partial charge < -0.3 is 10.1 Å². The molecule has 2 aromatic rings. The zero-order chi connectivity index (χ0) is 15.7. The van der Waals surface area contributed by atoms with E-state index in [1.165, 1.54) is 0 Å². The van der Waals surface area contributed by atoms with E-state index in [0.29, 0.717) is 13.0 Å². The molecule has 0 saturated heterocycles. The number of hydrogen-bond donors (Lipinski definition) is 1. The summed E-state index contributed by atoms with van der Waals surface area (Å²) in [6.07, 6.45) is 0.657. The minimum Gasteiger partial charge on any atom is -0.494 e. The molecule has 1 amide bonds. The lowest BCUT2D eigenvalue weighted by molar-refractivity contribution is -0.117. The third-order valence-corrected chi connectivity index (χ3v) is 4.77. The maximum absolute atomic E-state index is 12.4. The van der Waals surface area contributed by atoms with Crippen LogP contribution in [0, 0.1) is 6.92 Å². The summed E-state index contributed by atoms with van der Waals surface area (Å²) in [4.78, 5) is 12.4. The molecule has 1 aliphatic heterocycles. The van der Waals surface area contributed by atoms with Gasteiger partial charge in [0.15, 0.2) is 0 Å². The predicted octanol–water partition coefficient (Wildman–Crippen LogP) is 4.43. The number of para-hydroxylation sites is 1. The number of aryl methyl sites for hydroxylation is 1. The Hall–Kier alpha value is -1.81. The van der Waals surface area contributed by atoms with E-state index in [0.717, 1.165) is 32.6 Å². The van der Waals surface area contributed by atoms with Crippen molar-refractivity contribution in [2.24, 2.45) is 0 Å². The fourth-order valence-electron chi connectivity index (χ4n) is 2.89. The summed E-state index contributed by atoms with van der Waals surface area (Å²) in [7, 11) is 0. The van der Waals surface area contributed by atoms with Crippen LogP contribution >= 0.6 is 15.9 Å². The summed E-state index contributed by atoms with van der Waals surface area (Å²) in [5.74, 6) is 0.754. The molecule has 2 aromatic carbocycles. The predicted molar refractivity (Wildman–Crippen MR) is 91.6 cm³/mol.